The van der Waals surface area contributed by atoms with Crippen LogP contribution in [0.1, 0.15) is 49.8 Å². The smallest absolute Gasteiger partial charge is 0.317 e. The summed E-state index contributed by atoms with van der Waals surface area (Å²) in [4.78, 5) is 14.4. The van der Waals surface area contributed by atoms with Crippen LogP contribution in [0.15, 0.2) is 24.3 Å². The zero-order chi connectivity index (χ0) is 17.9. The predicted octanol–water partition coefficient (Wildman–Crippen LogP) is 2.88. The SMILES string of the molecule is C[C@H]1CCCc2ccccc2[C@@H]1NC(=O)N(C)CC1(O)CCOCC1. The molecule has 1 aliphatic heterocycles. The molecule has 1 aromatic carbocycles. The lowest BCUT2D eigenvalue weighted by molar-refractivity contribution is -0.0723. The molecule has 1 aromatic rings. The van der Waals surface area contributed by atoms with Crippen molar-refractivity contribution >= 4 is 6.03 Å². The first-order valence-corrected chi connectivity index (χ1v) is 9.38. The minimum absolute atomic E-state index is 0.0259. The lowest BCUT2D eigenvalue weighted by atomic mass is 9.92. The van der Waals surface area contributed by atoms with Crippen molar-refractivity contribution in [3.63, 3.8) is 0 Å². The van der Waals surface area contributed by atoms with Gasteiger partial charge in [0.1, 0.15) is 0 Å². The maximum Gasteiger partial charge on any atom is 0.317 e. The Morgan fingerprint density at radius 2 is 2.08 bits per heavy atom. The van der Waals surface area contributed by atoms with Gasteiger partial charge in [-0.2, -0.15) is 0 Å². The third-order valence-corrected chi connectivity index (χ3v) is 5.65. The van der Waals surface area contributed by atoms with Crippen LogP contribution in [0.4, 0.5) is 4.79 Å². The summed E-state index contributed by atoms with van der Waals surface area (Å²) in [5.74, 6) is 0.396. The Morgan fingerprint density at radius 1 is 1.36 bits per heavy atom. The highest BCUT2D eigenvalue weighted by molar-refractivity contribution is 5.74. The number of ether oxygens (including phenoxy) is 1. The third kappa shape index (κ3) is 4.33. The van der Waals surface area contributed by atoms with Gasteiger partial charge in [0.05, 0.1) is 18.2 Å². The number of fused-ring (bicyclic) bond motifs is 1. The second kappa shape index (κ2) is 7.75. The van der Waals surface area contributed by atoms with Crippen LogP contribution in [0.25, 0.3) is 0 Å². The van der Waals surface area contributed by atoms with Crippen molar-refractivity contribution in [1.29, 1.82) is 0 Å². The Bertz CT molecular complexity index is 598. The monoisotopic (exact) mass is 346 g/mol. The summed E-state index contributed by atoms with van der Waals surface area (Å²) in [6.07, 6.45) is 4.48. The Hall–Kier alpha value is -1.59. The number of hydrogen-bond acceptors (Lipinski definition) is 3. The average molecular weight is 346 g/mol. The van der Waals surface area contributed by atoms with E-state index < -0.39 is 5.60 Å². The van der Waals surface area contributed by atoms with Gasteiger partial charge < -0.3 is 20.1 Å². The number of aliphatic hydroxyl groups is 1. The molecule has 1 heterocycles. The first-order chi connectivity index (χ1) is 12.0. The van der Waals surface area contributed by atoms with Crippen LogP contribution in [-0.2, 0) is 11.2 Å². The number of benzene rings is 1. The van der Waals surface area contributed by atoms with Crippen molar-refractivity contribution in [3.8, 4) is 0 Å². The molecule has 0 unspecified atom stereocenters. The molecule has 0 saturated carbocycles. The second-order valence-electron chi connectivity index (χ2n) is 7.69. The van der Waals surface area contributed by atoms with Crippen LogP contribution in [0.2, 0.25) is 0 Å². The summed E-state index contributed by atoms with van der Waals surface area (Å²) in [6, 6.07) is 8.33. The highest BCUT2D eigenvalue weighted by atomic mass is 16.5. The standard InChI is InChI=1S/C20H30N2O3/c1-15-6-5-8-16-7-3-4-9-17(16)18(15)21-19(23)22(2)14-20(24)10-12-25-13-11-20/h3-4,7,9,15,18,24H,5-6,8,10-14H2,1-2H3,(H,21,23)/t15-,18+/m0/s1. The number of amides is 2. The van der Waals surface area contributed by atoms with Gasteiger partial charge in [-0.1, -0.05) is 31.2 Å². The highest BCUT2D eigenvalue weighted by Crippen LogP contribution is 2.33. The number of aryl methyl sites for hydroxylation is 1. The van der Waals surface area contributed by atoms with Crippen molar-refractivity contribution in [2.24, 2.45) is 5.92 Å². The molecular weight excluding hydrogens is 316 g/mol. The summed E-state index contributed by atoms with van der Waals surface area (Å²) >= 11 is 0. The summed E-state index contributed by atoms with van der Waals surface area (Å²) in [5.41, 5.74) is 1.74. The summed E-state index contributed by atoms with van der Waals surface area (Å²) in [6.45, 7) is 3.65. The molecule has 0 aromatic heterocycles. The van der Waals surface area contributed by atoms with Gasteiger partial charge >= 0.3 is 6.03 Å². The van der Waals surface area contributed by atoms with Crippen LogP contribution >= 0.6 is 0 Å². The lowest BCUT2D eigenvalue weighted by Gasteiger charge is -2.36. The van der Waals surface area contributed by atoms with E-state index in [1.165, 1.54) is 11.1 Å². The zero-order valence-electron chi connectivity index (χ0n) is 15.3. The zero-order valence-corrected chi connectivity index (χ0v) is 15.3. The number of nitrogens with zero attached hydrogens (tertiary/aromatic N) is 1. The number of likely N-dealkylation sites (N-methyl/N-ethyl adjacent to an activating group) is 1. The van der Waals surface area contributed by atoms with Gasteiger partial charge in [-0.05, 0) is 36.3 Å². The molecule has 1 saturated heterocycles. The largest absolute Gasteiger partial charge is 0.388 e. The van der Waals surface area contributed by atoms with E-state index in [1.54, 1.807) is 11.9 Å². The quantitative estimate of drug-likeness (QED) is 0.827. The van der Waals surface area contributed by atoms with Gasteiger partial charge in [0.2, 0.25) is 0 Å². The van der Waals surface area contributed by atoms with Crippen molar-refractivity contribution in [2.45, 2.75) is 50.7 Å². The van der Waals surface area contributed by atoms with Crippen LogP contribution in [0.3, 0.4) is 0 Å². The molecule has 0 spiro atoms. The van der Waals surface area contributed by atoms with E-state index in [4.69, 9.17) is 4.74 Å². The summed E-state index contributed by atoms with van der Waals surface area (Å²) in [5, 5.41) is 13.9. The van der Waals surface area contributed by atoms with Gasteiger partial charge in [0.15, 0.2) is 0 Å². The summed E-state index contributed by atoms with van der Waals surface area (Å²) < 4.78 is 5.32. The fraction of sp³-hybridized carbons (Fsp3) is 0.650. The Kier molecular flexibility index (Phi) is 5.64. The van der Waals surface area contributed by atoms with E-state index in [0.717, 1.165) is 19.3 Å². The van der Waals surface area contributed by atoms with Crippen molar-refractivity contribution in [3.05, 3.63) is 35.4 Å². The third-order valence-electron chi connectivity index (χ3n) is 5.65. The molecule has 2 aliphatic rings. The van der Waals surface area contributed by atoms with Crippen LogP contribution in [-0.4, -0.2) is 48.4 Å². The summed E-state index contributed by atoms with van der Waals surface area (Å²) in [7, 11) is 1.76. The molecule has 1 fully saturated rings. The van der Waals surface area contributed by atoms with Gasteiger partial charge in [-0.3, -0.25) is 0 Å². The second-order valence-corrected chi connectivity index (χ2v) is 7.69. The Balaban J connectivity index is 1.68. The van der Waals surface area contributed by atoms with Crippen LogP contribution in [0.5, 0.6) is 0 Å². The average Bonchev–Trinajstić information content (AvgIpc) is 2.74. The lowest BCUT2D eigenvalue weighted by Crippen LogP contribution is -2.50. The first-order valence-electron chi connectivity index (χ1n) is 9.38. The fourth-order valence-electron chi connectivity index (χ4n) is 4.04. The number of urea groups is 1. The van der Waals surface area contributed by atoms with Gasteiger partial charge in [-0.15, -0.1) is 0 Å². The number of carbonyl (C=O) groups is 1. The van der Waals surface area contributed by atoms with Gasteiger partial charge in [0.25, 0.3) is 0 Å². The predicted molar refractivity (Wildman–Crippen MR) is 97.4 cm³/mol. The van der Waals surface area contributed by atoms with E-state index in [1.807, 2.05) is 6.07 Å². The van der Waals surface area contributed by atoms with E-state index >= 15 is 0 Å². The van der Waals surface area contributed by atoms with E-state index in [-0.39, 0.29) is 12.1 Å². The number of hydrogen-bond donors (Lipinski definition) is 2. The minimum Gasteiger partial charge on any atom is -0.388 e. The van der Waals surface area contributed by atoms with Crippen LogP contribution in [0, 0.1) is 5.92 Å². The van der Waals surface area contributed by atoms with Crippen molar-refractivity contribution < 1.29 is 14.6 Å². The number of nitrogens with one attached hydrogen (secondary N) is 1. The molecule has 2 amide bonds. The molecule has 2 N–H and O–H groups in total. The molecule has 25 heavy (non-hydrogen) atoms. The molecule has 5 nitrogen and oxygen atoms in total. The molecule has 138 valence electrons. The van der Waals surface area contributed by atoms with E-state index in [2.05, 4.69) is 30.4 Å². The van der Waals surface area contributed by atoms with Crippen LogP contribution < -0.4 is 5.32 Å². The molecule has 2 atom stereocenters. The van der Waals surface area contributed by atoms with Crippen molar-refractivity contribution in [2.75, 3.05) is 26.8 Å². The topological polar surface area (TPSA) is 61.8 Å². The fourth-order valence-corrected chi connectivity index (χ4v) is 4.04. The van der Waals surface area contributed by atoms with E-state index in [0.29, 0.717) is 38.5 Å². The normalized spacial score (nSPS) is 25.6. The number of carbonyl (C=O) groups excluding carboxylic acids is 1. The molecule has 1 aliphatic carbocycles. The molecule has 0 bridgehead atoms. The molecule has 3 rings (SSSR count). The highest BCUT2D eigenvalue weighted by Gasteiger charge is 2.33. The van der Waals surface area contributed by atoms with Crippen molar-refractivity contribution in [1.82, 2.24) is 10.2 Å². The maximum atomic E-state index is 12.8. The Morgan fingerprint density at radius 3 is 2.84 bits per heavy atom. The minimum atomic E-state index is -0.836. The molecule has 0 radical (unpaired) electrons. The maximum absolute atomic E-state index is 12.8. The van der Waals surface area contributed by atoms with Gasteiger partial charge in [0, 0.05) is 33.1 Å². The first kappa shape index (κ1) is 18.2. The number of rotatable bonds is 3. The van der Waals surface area contributed by atoms with E-state index in [9.17, 15) is 9.90 Å². The molecule has 5 heteroatoms. The molecular formula is C20H30N2O3. The Labute approximate surface area is 150 Å². The van der Waals surface area contributed by atoms with Gasteiger partial charge in [-0.25, -0.2) is 4.79 Å².